The predicted octanol–water partition coefficient (Wildman–Crippen LogP) is 0.997. The van der Waals surface area contributed by atoms with Crippen LogP contribution in [0.3, 0.4) is 0 Å². The number of aromatic nitrogens is 2. The van der Waals surface area contributed by atoms with Crippen LogP contribution in [0.25, 0.3) is 0 Å². The zero-order valence-electron chi connectivity index (χ0n) is 9.49. The molecule has 2 rings (SSSR count). The first-order chi connectivity index (χ1) is 7.25. The molecule has 1 aromatic rings. The fourth-order valence-corrected chi connectivity index (χ4v) is 1.96. The van der Waals surface area contributed by atoms with Crippen molar-refractivity contribution in [2.75, 3.05) is 13.1 Å². The van der Waals surface area contributed by atoms with Gasteiger partial charge in [-0.05, 0) is 38.9 Å². The number of rotatable bonds is 3. The minimum Gasteiger partial charge on any atom is -0.372 e. The summed E-state index contributed by atoms with van der Waals surface area (Å²) in [7, 11) is 1.97. The molecular formula is C11H19N3O. The molecule has 1 saturated heterocycles. The summed E-state index contributed by atoms with van der Waals surface area (Å²) in [4.78, 5) is 0. The molecule has 4 nitrogen and oxygen atoms in total. The van der Waals surface area contributed by atoms with Crippen molar-refractivity contribution in [1.82, 2.24) is 15.1 Å². The molecule has 0 aromatic carbocycles. The predicted molar refractivity (Wildman–Crippen MR) is 58.6 cm³/mol. The van der Waals surface area contributed by atoms with Crippen molar-refractivity contribution in [3.05, 3.63) is 17.5 Å². The third-order valence-electron chi connectivity index (χ3n) is 2.85. The third-order valence-corrected chi connectivity index (χ3v) is 2.85. The van der Waals surface area contributed by atoms with E-state index in [1.165, 1.54) is 0 Å². The normalized spacial score (nSPS) is 18.3. The van der Waals surface area contributed by atoms with Gasteiger partial charge in [-0.25, -0.2) is 0 Å². The molecule has 1 aliphatic rings. The minimum absolute atomic E-state index is 0.418. The molecule has 0 atom stereocenters. The highest BCUT2D eigenvalue weighted by atomic mass is 16.5. The van der Waals surface area contributed by atoms with Crippen molar-refractivity contribution in [2.45, 2.75) is 32.5 Å². The van der Waals surface area contributed by atoms with Crippen LogP contribution in [0, 0.1) is 6.92 Å². The quantitative estimate of drug-likeness (QED) is 0.807. The lowest BCUT2D eigenvalue weighted by molar-refractivity contribution is 0.0182. The Morgan fingerprint density at radius 3 is 2.87 bits per heavy atom. The van der Waals surface area contributed by atoms with Gasteiger partial charge in [0, 0.05) is 7.05 Å². The molecule has 0 unspecified atom stereocenters. The number of hydrogen-bond donors (Lipinski definition) is 1. The van der Waals surface area contributed by atoms with Gasteiger partial charge in [0.25, 0.3) is 0 Å². The average molecular weight is 209 g/mol. The molecule has 0 bridgehead atoms. The number of piperidine rings is 1. The van der Waals surface area contributed by atoms with Gasteiger partial charge in [0.2, 0.25) is 0 Å². The van der Waals surface area contributed by atoms with E-state index >= 15 is 0 Å². The molecule has 0 saturated carbocycles. The van der Waals surface area contributed by atoms with Crippen LogP contribution in [0.1, 0.15) is 24.2 Å². The maximum Gasteiger partial charge on any atom is 0.0888 e. The van der Waals surface area contributed by atoms with Crippen LogP contribution < -0.4 is 5.32 Å². The molecule has 0 amide bonds. The van der Waals surface area contributed by atoms with Gasteiger partial charge >= 0.3 is 0 Å². The van der Waals surface area contributed by atoms with Crippen LogP contribution in [0.2, 0.25) is 0 Å². The van der Waals surface area contributed by atoms with E-state index in [4.69, 9.17) is 4.74 Å². The molecule has 0 aliphatic carbocycles. The van der Waals surface area contributed by atoms with E-state index in [2.05, 4.69) is 16.5 Å². The molecule has 1 N–H and O–H groups in total. The molecule has 0 radical (unpaired) electrons. The molecule has 84 valence electrons. The number of nitrogens with zero attached hydrogens (tertiary/aromatic N) is 2. The van der Waals surface area contributed by atoms with Crippen LogP contribution in [-0.4, -0.2) is 29.0 Å². The Morgan fingerprint density at radius 1 is 1.53 bits per heavy atom. The largest absolute Gasteiger partial charge is 0.372 e. The van der Waals surface area contributed by atoms with Crippen LogP contribution in [0.5, 0.6) is 0 Å². The summed E-state index contributed by atoms with van der Waals surface area (Å²) in [6, 6.07) is 2.08. The van der Waals surface area contributed by atoms with Crippen molar-refractivity contribution in [2.24, 2.45) is 7.05 Å². The highest BCUT2D eigenvalue weighted by molar-refractivity contribution is 5.07. The van der Waals surface area contributed by atoms with Gasteiger partial charge in [0.05, 0.1) is 24.1 Å². The van der Waals surface area contributed by atoms with Gasteiger partial charge in [-0.15, -0.1) is 0 Å². The molecule has 1 fully saturated rings. The zero-order valence-corrected chi connectivity index (χ0v) is 9.49. The van der Waals surface area contributed by atoms with Crippen molar-refractivity contribution in [1.29, 1.82) is 0 Å². The Labute approximate surface area is 90.6 Å². The Balaban J connectivity index is 1.84. The fourth-order valence-electron chi connectivity index (χ4n) is 1.96. The molecule has 4 heteroatoms. The maximum absolute atomic E-state index is 5.86. The lowest BCUT2D eigenvalue weighted by Gasteiger charge is -2.22. The van der Waals surface area contributed by atoms with Crippen molar-refractivity contribution < 1.29 is 4.74 Å². The standard InChI is InChI=1S/C11H19N3O/c1-9-7-10(14(2)13-9)8-15-11-3-5-12-6-4-11/h7,11-12H,3-6,8H2,1-2H3. The third kappa shape index (κ3) is 2.79. The first-order valence-corrected chi connectivity index (χ1v) is 5.57. The summed E-state index contributed by atoms with van der Waals surface area (Å²) < 4.78 is 7.76. The topological polar surface area (TPSA) is 39.1 Å². The second-order valence-corrected chi connectivity index (χ2v) is 4.16. The first-order valence-electron chi connectivity index (χ1n) is 5.57. The number of nitrogens with one attached hydrogen (secondary N) is 1. The summed E-state index contributed by atoms with van der Waals surface area (Å²) >= 11 is 0. The van der Waals surface area contributed by atoms with E-state index < -0.39 is 0 Å². The maximum atomic E-state index is 5.86. The Morgan fingerprint density at radius 2 is 2.27 bits per heavy atom. The van der Waals surface area contributed by atoms with E-state index in [9.17, 15) is 0 Å². The molecule has 1 aromatic heterocycles. The summed E-state index contributed by atoms with van der Waals surface area (Å²) in [5.74, 6) is 0. The van der Waals surface area contributed by atoms with Gasteiger partial charge in [-0.2, -0.15) is 5.10 Å². The van der Waals surface area contributed by atoms with Gasteiger partial charge in [-0.3, -0.25) is 4.68 Å². The Bertz CT molecular complexity index is 316. The lowest BCUT2D eigenvalue weighted by atomic mass is 10.1. The van der Waals surface area contributed by atoms with E-state index in [0.29, 0.717) is 12.7 Å². The van der Waals surface area contributed by atoms with Gasteiger partial charge in [0.1, 0.15) is 0 Å². The second kappa shape index (κ2) is 4.77. The lowest BCUT2D eigenvalue weighted by Crippen LogP contribution is -2.32. The van der Waals surface area contributed by atoms with Crippen molar-refractivity contribution >= 4 is 0 Å². The first kappa shape index (κ1) is 10.6. The van der Waals surface area contributed by atoms with Gasteiger partial charge in [-0.1, -0.05) is 0 Å². The van der Waals surface area contributed by atoms with Crippen LogP contribution >= 0.6 is 0 Å². The van der Waals surface area contributed by atoms with Crippen molar-refractivity contribution in [3.8, 4) is 0 Å². The summed E-state index contributed by atoms with van der Waals surface area (Å²) in [6.45, 7) is 4.85. The summed E-state index contributed by atoms with van der Waals surface area (Å²) in [5, 5.41) is 7.63. The molecule has 2 heterocycles. The molecule has 15 heavy (non-hydrogen) atoms. The van der Waals surface area contributed by atoms with Crippen molar-refractivity contribution in [3.63, 3.8) is 0 Å². The summed E-state index contributed by atoms with van der Waals surface area (Å²) in [6.07, 6.45) is 2.66. The van der Waals surface area contributed by atoms with Crippen LogP contribution in [0.4, 0.5) is 0 Å². The number of hydrogen-bond acceptors (Lipinski definition) is 3. The van der Waals surface area contributed by atoms with Crippen LogP contribution in [-0.2, 0) is 18.4 Å². The van der Waals surface area contributed by atoms with E-state index in [1.54, 1.807) is 0 Å². The zero-order chi connectivity index (χ0) is 10.7. The average Bonchev–Trinajstić information content (AvgIpc) is 2.56. The SMILES string of the molecule is Cc1cc(COC2CCNCC2)n(C)n1. The Hall–Kier alpha value is -0.870. The monoisotopic (exact) mass is 209 g/mol. The molecule has 1 aliphatic heterocycles. The molecular weight excluding hydrogens is 190 g/mol. The molecule has 0 spiro atoms. The van der Waals surface area contributed by atoms with Crippen LogP contribution in [0.15, 0.2) is 6.07 Å². The van der Waals surface area contributed by atoms with E-state index in [0.717, 1.165) is 37.3 Å². The van der Waals surface area contributed by atoms with E-state index in [1.807, 2.05) is 18.7 Å². The summed E-state index contributed by atoms with van der Waals surface area (Å²) in [5.41, 5.74) is 2.22. The smallest absolute Gasteiger partial charge is 0.0888 e. The number of aryl methyl sites for hydroxylation is 2. The van der Waals surface area contributed by atoms with Gasteiger partial charge < -0.3 is 10.1 Å². The van der Waals surface area contributed by atoms with E-state index in [-0.39, 0.29) is 0 Å². The highest BCUT2D eigenvalue weighted by Crippen LogP contribution is 2.11. The Kier molecular flexibility index (Phi) is 3.38. The fraction of sp³-hybridized carbons (Fsp3) is 0.727. The second-order valence-electron chi connectivity index (χ2n) is 4.16. The van der Waals surface area contributed by atoms with Gasteiger partial charge in [0.15, 0.2) is 0 Å². The minimum atomic E-state index is 0.418. The number of ether oxygens (including phenoxy) is 1. The highest BCUT2D eigenvalue weighted by Gasteiger charge is 2.14.